The Balaban J connectivity index is 2.22. The largest absolute Gasteiger partial charge is 0.372 e. The SMILES string of the molecule is CCCCC/C=C\C/C=C\CCCCCCCCCC(C)(CCCCCCCCC)OC1CCCC(N(C)C)C1. The van der Waals surface area contributed by atoms with Crippen LogP contribution in [-0.4, -0.2) is 36.7 Å². The Bertz CT molecular complexity index is 596. The first-order valence-electron chi connectivity index (χ1n) is 18.1. The van der Waals surface area contributed by atoms with E-state index in [9.17, 15) is 0 Å². The Labute approximate surface area is 253 Å². The predicted octanol–water partition coefficient (Wildman–Crippen LogP) is 12.4. The number of hydrogen-bond acceptors (Lipinski definition) is 2. The minimum Gasteiger partial charge on any atom is -0.372 e. The standard InChI is InChI=1S/C38H73NO/c1-6-8-10-12-14-15-16-17-18-19-20-21-22-23-25-27-29-34-38(3,33-28-26-24-13-11-9-7-2)40-37-32-30-31-36(35-37)39(4)5/h14-15,17-18,36-37H,6-13,16,19-35H2,1-5H3/b15-14-,18-17-. The zero-order chi connectivity index (χ0) is 29.2. The second-order valence-electron chi connectivity index (χ2n) is 13.5. The maximum atomic E-state index is 7.00. The molecule has 0 bridgehead atoms. The lowest BCUT2D eigenvalue weighted by atomic mass is 9.88. The topological polar surface area (TPSA) is 12.5 Å². The van der Waals surface area contributed by atoms with Gasteiger partial charge in [-0.1, -0.05) is 134 Å². The second-order valence-corrected chi connectivity index (χ2v) is 13.5. The van der Waals surface area contributed by atoms with E-state index in [0.29, 0.717) is 12.1 Å². The van der Waals surface area contributed by atoms with Crippen molar-refractivity contribution in [2.45, 2.75) is 205 Å². The molecule has 0 N–H and O–H groups in total. The van der Waals surface area contributed by atoms with E-state index in [0.717, 1.165) is 6.42 Å². The summed E-state index contributed by atoms with van der Waals surface area (Å²) < 4.78 is 7.00. The van der Waals surface area contributed by atoms with Gasteiger partial charge in [0.15, 0.2) is 0 Å². The number of allylic oxidation sites excluding steroid dienone is 4. The van der Waals surface area contributed by atoms with Crippen LogP contribution in [0.15, 0.2) is 24.3 Å². The van der Waals surface area contributed by atoms with Crippen LogP contribution >= 0.6 is 0 Å². The molecule has 3 unspecified atom stereocenters. The Morgan fingerprint density at radius 3 is 1.65 bits per heavy atom. The van der Waals surface area contributed by atoms with Crippen molar-refractivity contribution in [3.63, 3.8) is 0 Å². The van der Waals surface area contributed by atoms with E-state index >= 15 is 0 Å². The maximum Gasteiger partial charge on any atom is 0.0658 e. The van der Waals surface area contributed by atoms with Gasteiger partial charge in [0.05, 0.1) is 11.7 Å². The quantitative estimate of drug-likeness (QED) is 0.0733. The summed E-state index contributed by atoms with van der Waals surface area (Å²) in [6.45, 7) is 7.04. The van der Waals surface area contributed by atoms with E-state index in [-0.39, 0.29) is 5.60 Å². The molecule has 2 nitrogen and oxygen atoms in total. The first kappa shape index (κ1) is 37.4. The molecule has 3 atom stereocenters. The molecule has 0 aromatic heterocycles. The molecule has 0 amide bonds. The third-order valence-electron chi connectivity index (χ3n) is 9.25. The first-order valence-corrected chi connectivity index (χ1v) is 18.1. The Morgan fingerprint density at radius 2 is 1.10 bits per heavy atom. The number of nitrogens with zero attached hydrogens (tertiary/aromatic N) is 1. The van der Waals surface area contributed by atoms with E-state index in [1.807, 2.05) is 0 Å². The average Bonchev–Trinajstić information content (AvgIpc) is 2.94. The van der Waals surface area contributed by atoms with Crippen LogP contribution in [0, 0.1) is 0 Å². The van der Waals surface area contributed by atoms with Gasteiger partial charge in [-0.25, -0.2) is 0 Å². The molecule has 0 aliphatic heterocycles. The number of hydrogen-bond donors (Lipinski definition) is 0. The summed E-state index contributed by atoms with van der Waals surface area (Å²) in [4.78, 5) is 2.42. The lowest BCUT2D eigenvalue weighted by Gasteiger charge is -2.39. The molecule has 0 spiro atoms. The van der Waals surface area contributed by atoms with Crippen LogP contribution in [0.25, 0.3) is 0 Å². The molecule has 1 fully saturated rings. The van der Waals surface area contributed by atoms with Crippen molar-refractivity contribution in [1.82, 2.24) is 4.90 Å². The monoisotopic (exact) mass is 560 g/mol. The first-order chi connectivity index (χ1) is 19.5. The fraction of sp³-hybridized carbons (Fsp3) is 0.895. The Hall–Kier alpha value is -0.600. The van der Waals surface area contributed by atoms with Crippen molar-refractivity contribution in [3.8, 4) is 0 Å². The molecule has 0 heterocycles. The number of rotatable bonds is 27. The van der Waals surface area contributed by atoms with E-state index < -0.39 is 0 Å². The van der Waals surface area contributed by atoms with E-state index in [4.69, 9.17) is 4.74 Å². The highest BCUT2D eigenvalue weighted by Gasteiger charge is 2.31. The van der Waals surface area contributed by atoms with Gasteiger partial charge in [0, 0.05) is 6.04 Å². The normalized spacial score (nSPS) is 19.8. The third-order valence-corrected chi connectivity index (χ3v) is 9.25. The van der Waals surface area contributed by atoms with Gasteiger partial charge in [0.2, 0.25) is 0 Å². The van der Waals surface area contributed by atoms with Crippen LogP contribution in [-0.2, 0) is 4.74 Å². The summed E-state index contributed by atoms with van der Waals surface area (Å²) in [5.41, 5.74) is 0.0827. The van der Waals surface area contributed by atoms with Gasteiger partial charge in [0.25, 0.3) is 0 Å². The van der Waals surface area contributed by atoms with Gasteiger partial charge < -0.3 is 9.64 Å². The molecule has 1 aliphatic rings. The van der Waals surface area contributed by atoms with Crippen LogP contribution in [0.4, 0.5) is 0 Å². The van der Waals surface area contributed by atoms with E-state index in [1.54, 1.807) is 0 Å². The minimum atomic E-state index is 0.0827. The molecular formula is C38H73NO. The zero-order valence-electron chi connectivity index (χ0n) is 28.2. The predicted molar refractivity (Wildman–Crippen MR) is 180 cm³/mol. The highest BCUT2D eigenvalue weighted by molar-refractivity contribution is 4.92. The van der Waals surface area contributed by atoms with Crippen molar-refractivity contribution in [1.29, 1.82) is 0 Å². The summed E-state index contributed by atoms with van der Waals surface area (Å²) >= 11 is 0. The molecule has 0 saturated heterocycles. The summed E-state index contributed by atoms with van der Waals surface area (Å²) in [7, 11) is 4.49. The highest BCUT2D eigenvalue weighted by atomic mass is 16.5. The third kappa shape index (κ3) is 21.2. The molecule has 2 heteroatoms. The molecule has 0 radical (unpaired) electrons. The maximum absolute atomic E-state index is 7.00. The Morgan fingerprint density at radius 1 is 0.625 bits per heavy atom. The average molecular weight is 560 g/mol. The van der Waals surface area contributed by atoms with Gasteiger partial charge in [-0.3, -0.25) is 0 Å². The van der Waals surface area contributed by atoms with Crippen molar-refractivity contribution in [2.75, 3.05) is 14.1 Å². The van der Waals surface area contributed by atoms with Crippen molar-refractivity contribution in [2.24, 2.45) is 0 Å². The fourth-order valence-corrected chi connectivity index (χ4v) is 6.46. The minimum absolute atomic E-state index is 0.0827. The smallest absolute Gasteiger partial charge is 0.0658 e. The van der Waals surface area contributed by atoms with Crippen LogP contribution in [0.1, 0.15) is 188 Å². The second kappa shape index (κ2) is 26.1. The fourth-order valence-electron chi connectivity index (χ4n) is 6.46. The van der Waals surface area contributed by atoms with Crippen molar-refractivity contribution in [3.05, 3.63) is 24.3 Å². The van der Waals surface area contributed by atoms with Gasteiger partial charge in [-0.05, 0) is 91.6 Å². The Kier molecular flexibility index (Phi) is 24.4. The van der Waals surface area contributed by atoms with Gasteiger partial charge in [0.1, 0.15) is 0 Å². The number of unbranched alkanes of at least 4 members (excludes halogenated alkanes) is 16. The number of ether oxygens (including phenoxy) is 1. The van der Waals surface area contributed by atoms with Crippen LogP contribution in [0.5, 0.6) is 0 Å². The summed E-state index contributed by atoms with van der Waals surface area (Å²) in [6.07, 6.45) is 44.7. The van der Waals surface area contributed by atoms with Crippen molar-refractivity contribution >= 4 is 0 Å². The molecule has 0 aromatic carbocycles. The van der Waals surface area contributed by atoms with Gasteiger partial charge in [-0.2, -0.15) is 0 Å². The summed E-state index contributed by atoms with van der Waals surface area (Å²) in [6, 6.07) is 0.703. The summed E-state index contributed by atoms with van der Waals surface area (Å²) in [5, 5.41) is 0. The molecule has 236 valence electrons. The van der Waals surface area contributed by atoms with Crippen LogP contribution < -0.4 is 0 Å². The van der Waals surface area contributed by atoms with Crippen molar-refractivity contribution < 1.29 is 4.74 Å². The molecule has 1 rings (SSSR count). The molecule has 40 heavy (non-hydrogen) atoms. The lowest BCUT2D eigenvalue weighted by molar-refractivity contribution is -0.113. The van der Waals surface area contributed by atoms with Gasteiger partial charge in [-0.15, -0.1) is 0 Å². The zero-order valence-corrected chi connectivity index (χ0v) is 28.2. The highest BCUT2D eigenvalue weighted by Crippen LogP contribution is 2.33. The molecular weight excluding hydrogens is 486 g/mol. The van der Waals surface area contributed by atoms with E-state index in [2.05, 4.69) is 64.1 Å². The van der Waals surface area contributed by atoms with Crippen LogP contribution in [0.3, 0.4) is 0 Å². The molecule has 1 saturated carbocycles. The molecule has 1 aliphatic carbocycles. The summed E-state index contributed by atoms with van der Waals surface area (Å²) in [5.74, 6) is 0. The van der Waals surface area contributed by atoms with Gasteiger partial charge >= 0.3 is 0 Å². The van der Waals surface area contributed by atoms with Crippen LogP contribution in [0.2, 0.25) is 0 Å². The van der Waals surface area contributed by atoms with E-state index in [1.165, 1.54) is 161 Å². The molecule has 0 aromatic rings. The lowest BCUT2D eigenvalue weighted by Crippen LogP contribution is -2.41.